The highest BCUT2D eigenvalue weighted by molar-refractivity contribution is 5.81. The molecular weight excluding hydrogens is 297 g/mol. The summed E-state index contributed by atoms with van der Waals surface area (Å²) in [5.41, 5.74) is -3.56. The Morgan fingerprint density at radius 3 is 1.90 bits per heavy atom. The molecule has 8 heteroatoms. The molecule has 1 aromatic carbocycles. The lowest BCUT2D eigenvalue weighted by Crippen LogP contribution is -2.54. The lowest BCUT2D eigenvalue weighted by Gasteiger charge is -2.42. The minimum Gasteiger partial charge on any atom is -0.480 e. The molecule has 1 saturated heterocycles. The van der Waals surface area contributed by atoms with E-state index in [2.05, 4.69) is 0 Å². The summed E-state index contributed by atoms with van der Waals surface area (Å²) in [5.74, 6) is -12.4. The molecule has 0 bridgehead atoms. The van der Waals surface area contributed by atoms with Gasteiger partial charge in [-0.15, -0.1) is 0 Å². The molecule has 1 fully saturated rings. The maximum absolute atomic E-state index is 14.0. The number of hydrogen-bond acceptors (Lipinski definition) is 2. The highest BCUT2D eigenvalue weighted by Crippen LogP contribution is 2.41. The Morgan fingerprint density at radius 1 is 1.00 bits per heavy atom. The summed E-state index contributed by atoms with van der Waals surface area (Å²) in [6, 6.07) is 0. The van der Waals surface area contributed by atoms with Gasteiger partial charge in [0.25, 0.3) is 0 Å². The molecule has 1 aliphatic rings. The SMILES string of the molecule is CN1CCCCC1(C(=O)O)c1c(F)c(F)c(F)c(F)c1F. The normalized spacial score (nSPS) is 23.3. The number of nitrogens with zero attached hydrogens (tertiary/aromatic N) is 1. The molecule has 1 unspecified atom stereocenters. The van der Waals surface area contributed by atoms with Crippen LogP contribution in [0.5, 0.6) is 0 Å². The number of piperidine rings is 1. The van der Waals surface area contributed by atoms with Crippen LogP contribution in [0, 0.1) is 29.1 Å². The Balaban J connectivity index is 2.82. The highest BCUT2D eigenvalue weighted by Gasteiger charge is 2.51. The zero-order valence-electron chi connectivity index (χ0n) is 11.0. The minimum absolute atomic E-state index is 0.172. The smallest absolute Gasteiger partial charge is 0.329 e. The second-order valence-corrected chi connectivity index (χ2v) is 4.99. The van der Waals surface area contributed by atoms with Crippen LogP contribution in [0.15, 0.2) is 0 Å². The van der Waals surface area contributed by atoms with E-state index in [1.165, 1.54) is 7.05 Å². The maximum Gasteiger partial charge on any atom is 0.329 e. The van der Waals surface area contributed by atoms with Crippen molar-refractivity contribution in [1.29, 1.82) is 0 Å². The van der Waals surface area contributed by atoms with Crippen molar-refractivity contribution in [2.24, 2.45) is 0 Å². The molecule has 2 rings (SSSR count). The third kappa shape index (κ3) is 2.08. The molecule has 1 atom stereocenters. The molecule has 21 heavy (non-hydrogen) atoms. The monoisotopic (exact) mass is 309 g/mol. The number of benzene rings is 1. The predicted molar refractivity (Wildman–Crippen MR) is 62.0 cm³/mol. The van der Waals surface area contributed by atoms with Crippen LogP contribution in [0.4, 0.5) is 22.0 Å². The van der Waals surface area contributed by atoms with E-state index in [-0.39, 0.29) is 13.0 Å². The van der Waals surface area contributed by atoms with E-state index in [9.17, 15) is 31.9 Å². The first kappa shape index (κ1) is 15.7. The summed E-state index contributed by atoms with van der Waals surface area (Å²) < 4.78 is 67.7. The van der Waals surface area contributed by atoms with E-state index in [0.29, 0.717) is 12.8 Å². The molecule has 1 aliphatic heterocycles. The predicted octanol–water partition coefficient (Wildman–Crippen LogP) is 2.78. The molecular formula is C13H12F5NO2. The number of rotatable bonds is 2. The summed E-state index contributed by atoms with van der Waals surface area (Å²) in [7, 11) is 1.28. The average Bonchev–Trinajstić information content (AvgIpc) is 2.45. The Kier molecular flexibility index (Phi) is 3.92. The van der Waals surface area contributed by atoms with Crippen molar-refractivity contribution in [3.8, 4) is 0 Å². The van der Waals surface area contributed by atoms with Crippen LogP contribution in [0.2, 0.25) is 0 Å². The number of carboxylic acids is 1. The molecule has 1 N–H and O–H groups in total. The minimum atomic E-state index is -2.30. The van der Waals surface area contributed by atoms with Crippen molar-refractivity contribution < 1.29 is 31.9 Å². The first-order chi connectivity index (χ1) is 9.75. The summed E-state index contributed by atoms with van der Waals surface area (Å²) in [5, 5.41) is 9.40. The van der Waals surface area contributed by atoms with Crippen LogP contribution in [0.3, 0.4) is 0 Å². The molecule has 116 valence electrons. The number of likely N-dealkylation sites (tertiary alicyclic amines) is 1. The van der Waals surface area contributed by atoms with Gasteiger partial charge >= 0.3 is 5.97 Å². The van der Waals surface area contributed by atoms with Crippen molar-refractivity contribution in [2.75, 3.05) is 13.6 Å². The summed E-state index contributed by atoms with van der Waals surface area (Å²) in [6.07, 6.45) is 0.633. The number of carbonyl (C=O) groups is 1. The van der Waals surface area contributed by atoms with E-state index >= 15 is 0 Å². The first-order valence-electron chi connectivity index (χ1n) is 6.21. The fraction of sp³-hybridized carbons (Fsp3) is 0.462. The zero-order valence-corrected chi connectivity index (χ0v) is 11.0. The molecule has 0 amide bonds. The molecule has 1 heterocycles. The summed E-state index contributed by atoms with van der Waals surface area (Å²) in [4.78, 5) is 12.7. The lowest BCUT2D eigenvalue weighted by atomic mass is 9.80. The molecule has 1 aromatic rings. The maximum atomic E-state index is 14.0. The lowest BCUT2D eigenvalue weighted by molar-refractivity contribution is -0.154. The van der Waals surface area contributed by atoms with Gasteiger partial charge in [-0.25, -0.2) is 26.7 Å². The fourth-order valence-corrected chi connectivity index (χ4v) is 2.77. The topological polar surface area (TPSA) is 40.5 Å². The summed E-state index contributed by atoms with van der Waals surface area (Å²) >= 11 is 0. The Morgan fingerprint density at radius 2 is 1.48 bits per heavy atom. The van der Waals surface area contributed by atoms with Crippen molar-refractivity contribution in [2.45, 2.75) is 24.8 Å². The van der Waals surface area contributed by atoms with Gasteiger partial charge in [-0.05, 0) is 32.9 Å². The Hall–Kier alpha value is -1.70. The highest BCUT2D eigenvalue weighted by atomic mass is 19.2. The number of hydrogen-bond donors (Lipinski definition) is 1. The van der Waals surface area contributed by atoms with Crippen LogP contribution in [0.25, 0.3) is 0 Å². The van der Waals surface area contributed by atoms with E-state index in [1.807, 2.05) is 0 Å². The van der Waals surface area contributed by atoms with Crippen LogP contribution in [-0.2, 0) is 10.3 Å². The van der Waals surface area contributed by atoms with E-state index in [4.69, 9.17) is 0 Å². The van der Waals surface area contributed by atoms with Crippen molar-refractivity contribution in [3.05, 3.63) is 34.6 Å². The van der Waals surface area contributed by atoms with E-state index in [0.717, 1.165) is 4.90 Å². The van der Waals surface area contributed by atoms with Crippen molar-refractivity contribution in [3.63, 3.8) is 0 Å². The number of halogens is 5. The quantitative estimate of drug-likeness (QED) is 0.519. The number of likely N-dealkylation sites (N-methyl/N-ethyl adjacent to an activating group) is 1. The van der Waals surface area contributed by atoms with Gasteiger partial charge in [-0.2, -0.15) is 0 Å². The third-order valence-corrected chi connectivity index (χ3v) is 3.91. The van der Waals surface area contributed by atoms with Gasteiger partial charge in [-0.3, -0.25) is 4.90 Å². The van der Waals surface area contributed by atoms with Crippen LogP contribution < -0.4 is 0 Å². The van der Waals surface area contributed by atoms with Crippen LogP contribution in [-0.4, -0.2) is 29.6 Å². The second-order valence-electron chi connectivity index (χ2n) is 4.99. The zero-order chi connectivity index (χ0) is 15.9. The molecule has 0 radical (unpaired) electrons. The molecule has 0 aromatic heterocycles. The van der Waals surface area contributed by atoms with Gasteiger partial charge in [-0.1, -0.05) is 0 Å². The summed E-state index contributed by atoms with van der Waals surface area (Å²) in [6.45, 7) is 0.172. The van der Waals surface area contributed by atoms with Crippen molar-refractivity contribution >= 4 is 5.97 Å². The van der Waals surface area contributed by atoms with Gasteiger partial charge in [0.15, 0.2) is 28.8 Å². The number of aliphatic carboxylic acids is 1. The molecule has 0 aliphatic carbocycles. The standard InChI is InChI=1S/C13H12F5NO2/c1-19-5-3-2-4-13(19,12(20)21)6-7(14)9(16)11(18)10(17)8(6)15/h2-5H2,1H3,(H,20,21). The van der Waals surface area contributed by atoms with Gasteiger partial charge in [0.1, 0.15) is 0 Å². The fourth-order valence-electron chi connectivity index (χ4n) is 2.77. The van der Waals surface area contributed by atoms with E-state index < -0.39 is 46.2 Å². The van der Waals surface area contributed by atoms with Crippen LogP contribution >= 0.6 is 0 Å². The van der Waals surface area contributed by atoms with Gasteiger partial charge < -0.3 is 5.11 Å². The Labute approximate surface area is 117 Å². The second kappa shape index (κ2) is 5.25. The Bertz CT molecular complexity index is 578. The van der Waals surface area contributed by atoms with Gasteiger partial charge in [0, 0.05) is 0 Å². The molecule has 0 spiro atoms. The van der Waals surface area contributed by atoms with Gasteiger partial charge in [0.05, 0.1) is 5.56 Å². The van der Waals surface area contributed by atoms with Gasteiger partial charge in [0.2, 0.25) is 5.82 Å². The first-order valence-corrected chi connectivity index (χ1v) is 6.21. The van der Waals surface area contributed by atoms with Crippen LogP contribution in [0.1, 0.15) is 24.8 Å². The third-order valence-electron chi connectivity index (χ3n) is 3.91. The molecule has 3 nitrogen and oxygen atoms in total. The average molecular weight is 309 g/mol. The largest absolute Gasteiger partial charge is 0.480 e. The van der Waals surface area contributed by atoms with Crippen molar-refractivity contribution in [1.82, 2.24) is 4.90 Å². The van der Waals surface area contributed by atoms with E-state index in [1.54, 1.807) is 0 Å². The molecule has 0 saturated carbocycles. The number of carboxylic acid groups (broad SMARTS) is 1.